The van der Waals surface area contributed by atoms with Crippen LogP contribution in [0.4, 0.5) is 8.78 Å². The van der Waals surface area contributed by atoms with Gasteiger partial charge in [0, 0.05) is 12.3 Å². The van der Waals surface area contributed by atoms with Crippen LogP contribution in [0.2, 0.25) is 0 Å². The number of halogens is 2. The molecule has 10 heavy (non-hydrogen) atoms. The largest absolute Gasteiger partial charge is 0.330 e. The van der Waals surface area contributed by atoms with Crippen molar-refractivity contribution in [3.05, 3.63) is 0 Å². The molecule has 1 fully saturated rings. The summed E-state index contributed by atoms with van der Waals surface area (Å²) in [7, 11) is 0. The summed E-state index contributed by atoms with van der Waals surface area (Å²) in [5.41, 5.74) is 5.29. The van der Waals surface area contributed by atoms with Gasteiger partial charge >= 0.3 is 0 Å². The van der Waals surface area contributed by atoms with Crippen molar-refractivity contribution >= 4 is 0 Å². The highest BCUT2D eigenvalue weighted by Gasteiger charge is 2.56. The Morgan fingerprint density at radius 3 is 2.50 bits per heavy atom. The maximum Gasteiger partial charge on any atom is 0.251 e. The van der Waals surface area contributed by atoms with E-state index in [1.807, 2.05) is 6.92 Å². The minimum absolute atomic E-state index is 0.0807. The minimum atomic E-state index is -2.36. The Labute approximate surface area is 59.6 Å². The van der Waals surface area contributed by atoms with Crippen LogP contribution in [-0.4, -0.2) is 12.5 Å². The standard InChI is InChI=1S/C7H13F2N/c1-5(4-10)2-6-3-7(6,8)9/h5-6H,2-4,10H2,1H3/t5-,6?/m0/s1. The molecule has 0 aliphatic heterocycles. The lowest BCUT2D eigenvalue weighted by molar-refractivity contribution is 0.0938. The second-order valence-electron chi connectivity index (χ2n) is 3.24. The van der Waals surface area contributed by atoms with Crippen LogP contribution >= 0.6 is 0 Å². The average molecular weight is 149 g/mol. The summed E-state index contributed by atoms with van der Waals surface area (Å²) in [6.45, 7) is 2.43. The van der Waals surface area contributed by atoms with E-state index in [0.717, 1.165) is 0 Å². The topological polar surface area (TPSA) is 26.0 Å². The quantitative estimate of drug-likeness (QED) is 0.648. The molecule has 0 amide bonds. The van der Waals surface area contributed by atoms with Gasteiger partial charge in [0.1, 0.15) is 0 Å². The summed E-state index contributed by atoms with van der Waals surface area (Å²) in [4.78, 5) is 0. The van der Waals surface area contributed by atoms with Crippen molar-refractivity contribution in [1.82, 2.24) is 0 Å². The van der Waals surface area contributed by atoms with Crippen LogP contribution in [0.5, 0.6) is 0 Å². The molecule has 1 rings (SSSR count). The Kier molecular flexibility index (Phi) is 1.95. The monoisotopic (exact) mass is 149 g/mol. The van der Waals surface area contributed by atoms with Crippen molar-refractivity contribution in [2.45, 2.75) is 25.7 Å². The number of hydrogen-bond acceptors (Lipinski definition) is 1. The van der Waals surface area contributed by atoms with E-state index in [1.54, 1.807) is 0 Å². The van der Waals surface area contributed by atoms with E-state index in [9.17, 15) is 8.78 Å². The fourth-order valence-electron chi connectivity index (χ4n) is 1.11. The second-order valence-corrected chi connectivity index (χ2v) is 3.24. The third-order valence-corrected chi connectivity index (χ3v) is 2.04. The molecule has 0 spiro atoms. The van der Waals surface area contributed by atoms with Crippen LogP contribution in [-0.2, 0) is 0 Å². The normalized spacial score (nSPS) is 31.8. The van der Waals surface area contributed by atoms with Gasteiger partial charge in [-0.25, -0.2) is 8.78 Å². The van der Waals surface area contributed by atoms with E-state index in [0.29, 0.717) is 13.0 Å². The van der Waals surface area contributed by atoms with Gasteiger partial charge in [0.05, 0.1) is 0 Å². The fourth-order valence-corrected chi connectivity index (χ4v) is 1.11. The van der Waals surface area contributed by atoms with Crippen molar-refractivity contribution < 1.29 is 8.78 Å². The molecule has 0 aromatic carbocycles. The Balaban J connectivity index is 2.17. The number of hydrogen-bond donors (Lipinski definition) is 1. The molecule has 1 nitrogen and oxygen atoms in total. The lowest BCUT2D eigenvalue weighted by atomic mass is 10.1. The molecule has 0 saturated heterocycles. The van der Waals surface area contributed by atoms with Gasteiger partial charge in [-0.3, -0.25) is 0 Å². The summed E-state index contributed by atoms with van der Waals surface area (Å²) in [6.07, 6.45) is 0.668. The number of alkyl halides is 2. The molecular weight excluding hydrogens is 136 g/mol. The van der Waals surface area contributed by atoms with Crippen LogP contribution < -0.4 is 5.73 Å². The first-order valence-corrected chi connectivity index (χ1v) is 3.64. The van der Waals surface area contributed by atoms with Crippen molar-refractivity contribution in [3.63, 3.8) is 0 Å². The van der Waals surface area contributed by atoms with Gasteiger partial charge in [-0.1, -0.05) is 6.92 Å². The van der Waals surface area contributed by atoms with Gasteiger partial charge in [0.25, 0.3) is 5.92 Å². The van der Waals surface area contributed by atoms with E-state index < -0.39 is 5.92 Å². The zero-order valence-electron chi connectivity index (χ0n) is 6.11. The maximum atomic E-state index is 12.3. The molecule has 3 heteroatoms. The van der Waals surface area contributed by atoms with E-state index in [2.05, 4.69) is 0 Å². The first-order chi connectivity index (χ1) is 4.56. The zero-order chi connectivity index (χ0) is 7.78. The lowest BCUT2D eigenvalue weighted by Crippen LogP contribution is -2.12. The van der Waals surface area contributed by atoms with Crippen LogP contribution in [0.25, 0.3) is 0 Å². The molecule has 60 valence electrons. The van der Waals surface area contributed by atoms with Crippen LogP contribution in [0, 0.1) is 11.8 Å². The molecule has 1 saturated carbocycles. The van der Waals surface area contributed by atoms with E-state index in [-0.39, 0.29) is 18.3 Å². The predicted octanol–water partition coefficient (Wildman–Crippen LogP) is 1.63. The summed E-state index contributed by atoms with van der Waals surface area (Å²) in [5, 5.41) is 0. The summed E-state index contributed by atoms with van der Waals surface area (Å²) < 4.78 is 24.5. The summed E-state index contributed by atoms with van der Waals surface area (Å²) in [5.74, 6) is -2.48. The van der Waals surface area contributed by atoms with Gasteiger partial charge in [0.15, 0.2) is 0 Å². The van der Waals surface area contributed by atoms with Crippen molar-refractivity contribution in [3.8, 4) is 0 Å². The van der Waals surface area contributed by atoms with Gasteiger partial charge in [-0.15, -0.1) is 0 Å². The Morgan fingerprint density at radius 1 is 1.70 bits per heavy atom. The van der Waals surface area contributed by atoms with Gasteiger partial charge < -0.3 is 5.73 Å². The minimum Gasteiger partial charge on any atom is -0.330 e. The third kappa shape index (κ3) is 1.66. The highest BCUT2D eigenvalue weighted by atomic mass is 19.3. The molecule has 0 bridgehead atoms. The molecule has 0 radical (unpaired) electrons. The fraction of sp³-hybridized carbons (Fsp3) is 1.00. The van der Waals surface area contributed by atoms with Gasteiger partial charge in [0.2, 0.25) is 0 Å². The summed E-state index contributed by atoms with van der Waals surface area (Å²) >= 11 is 0. The Bertz CT molecular complexity index is 125. The molecule has 0 heterocycles. The van der Waals surface area contributed by atoms with Crippen LogP contribution in [0.3, 0.4) is 0 Å². The number of nitrogens with two attached hydrogens (primary N) is 1. The smallest absolute Gasteiger partial charge is 0.251 e. The average Bonchev–Trinajstić information content (AvgIpc) is 2.40. The maximum absolute atomic E-state index is 12.3. The number of rotatable bonds is 3. The SMILES string of the molecule is C[C@H](CN)CC1CC1(F)F. The van der Waals surface area contributed by atoms with Gasteiger partial charge in [-0.05, 0) is 18.9 Å². The van der Waals surface area contributed by atoms with E-state index in [4.69, 9.17) is 5.73 Å². The van der Waals surface area contributed by atoms with Crippen LogP contribution in [0.15, 0.2) is 0 Å². The van der Waals surface area contributed by atoms with E-state index >= 15 is 0 Å². The zero-order valence-corrected chi connectivity index (χ0v) is 6.11. The first-order valence-electron chi connectivity index (χ1n) is 3.64. The van der Waals surface area contributed by atoms with Crippen molar-refractivity contribution in [1.29, 1.82) is 0 Å². The molecule has 0 aromatic heterocycles. The highest BCUT2D eigenvalue weighted by molar-refractivity contribution is 4.95. The molecular formula is C7H13F2N. The first kappa shape index (κ1) is 7.92. The second kappa shape index (κ2) is 2.46. The molecule has 1 aliphatic rings. The summed E-state index contributed by atoms with van der Waals surface area (Å²) in [6, 6.07) is 0. The van der Waals surface area contributed by atoms with E-state index in [1.165, 1.54) is 0 Å². The molecule has 0 aromatic rings. The molecule has 1 aliphatic carbocycles. The van der Waals surface area contributed by atoms with Crippen molar-refractivity contribution in [2.24, 2.45) is 17.6 Å². The molecule has 1 unspecified atom stereocenters. The third-order valence-electron chi connectivity index (χ3n) is 2.04. The molecule has 2 N–H and O–H groups in total. The molecule has 2 atom stereocenters. The lowest BCUT2D eigenvalue weighted by Gasteiger charge is -2.05. The van der Waals surface area contributed by atoms with Crippen LogP contribution in [0.1, 0.15) is 19.8 Å². The van der Waals surface area contributed by atoms with Gasteiger partial charge in [-0.2, -0.15) is 0 Å². The Morgan fingerprint density at radius 2 is 2.20 bits per heavy atom. The Hall–Kier alpha value is -0.180. The van der Waals surface area contributed by atoms with Crippen molar-refractivity contribution in [2.75, 3.05) is 6.54 Å². The predicted molar refractivity (Wildman–Crippen MR) is 35.9 cm³/mol. The highest BCUT2D eigenvalue weighted by Crippen LogP contribution is 2.51.